The van der Waals surface area contributed by atoms with E-state index >= 15 is 0 Å². The number of halogens is 1. The minimum atomic E-state index is -3.94. The van der Waals surface area contributed by atoms with Crippen molar-refractivity contribution in [2.75, 3.05) is 6.54 Å². The van der Waals surface area contributed by atoms with E-state index in [1.807, 2.05) is 6.92 Å². The van der Waals surface area contributed by atoms with Crippen LogP contribution in [0.5, 0.6) is 0 Å². The summed E-state index contributed by atoms with van der Waals surface area (Å²) in [5.41, 5.74) is 9.94. The van der Waals surface area contributed by atoms with Gasteiger partial charge in [0.05, 0.1) is 23.0 Å². The van der Waals surface area contributed by atoms with Crippen LogP contribution in [0.3, 0.4) is 0 Å². The summed E-state index contributed by atoms with van der Waals surface area (Å²) in [5, 5.41) is 6.89. The van der Waals surface area contributed by atoms with Crippen molar-refractivity contribution < 1.29 is 17.9 Å². The third-order valence-corrected chi connectivity index (χ3v) is 6.92. The molecule has 3 rings (SSSR count). The molecule has 0 radical (unpaired) electrons. The summed E-state index contributed by atoms with van der Waals surface area (Å²) in [5.74, 6) is 0. The highest BCUT2D eigenvalue weighted by Gasteiger charge is 2.27. The van der Waals surface area contributed by atoms with Crippen molar-refractivity contribution in [2.45, 2.75) is 44.2 Å². The van der Waals surface area contributed by atoms with Crippen molar-refractivity contribution in [1.29, 1.82) is 0 Å². The number of nitrogens with zero attached hydrogens (tertiary/aromatic N) is 4. The number of rotatable bonds is 6. The molecule has 0 aliphatic carbocycles. The van der Waals surface area contributed by atoms with Crippen LogP contribution >= 0.6 is 15.9 Å². The third kappa shape index (κ3) is 5.68. The number of nitrogens with one attached hydrogen (secondary N) is 1. The highest BCUT2D eigenvalue weighted by molar-refractivity contribution is 9.10. The Labute approximate surface area is 200 Å². The van der Waals surface area contributed by atoms with E-state index in [1.165, 1.54) is 10.2 Å². The molecule has 1 N–H and O–H groups in total. The maximum atomic E-state index is 13.5. The monoisotopic (exact) mass is 533 g/mol. The van der Waals surface area contributed by atoms with Crippen molar-refractivity contribution in [3.8, 4) is 0 Å². The molecule has 0 bridgehead atoms. The SMILES string of the molecule is Cc1ccc(S(=O)(=O)n2cc(C(CN=[N+]=[N-])NC(=O)OC(C)(C)C)c3ccc(Br)cc32)cc1. The average Bonchev–Trinajstić information content (AvgIpc) is 3.09. The van der Waals surface area contributed by atoms with Gasteiger partial charge in [0.25, 0.3) is 10.0 Å². The van der Waals surface area contributed by atoms with Crippen LogP contribution in [0, 0.1) is 6.92 Å². The van der Waals surface area contributed by atoms with E-state index in [-0.39, 0.29) is 11.4 Å². The number of fused-ring (bicyclic) bond motifs is 1. The maximum Gasteiger partial charge on any atom is 0.408 e. The van der Waals surface area contributed by atoms with Gasteiger partial charge < -0.3 is 10.1 Å². The molecule has 1 amide bonds. The molecule has 0 spiro atoms. The zero-order valence-corrected chi connectivity index (χ0v) is 21.0. The molecular weight excluding hydrogens is 510 g/mol. The molecule has 0 aliphatic heterocycles. The topological polar surface area (TPSA) is 126 Å². The summed E-state index contributed by atoms with van der Waals surface area (Å²) in [6.45, 7) is 6.93. The zero-order valence-electron chi connectivity index (χ0n) is 18.6. The largest absolute Gasteiger partial charge is 0.444 e. The second-order valence-electron chi connectivity index (χ2n) is 8.47. The first-order valence-corrected chi connectivity index (χ1v) is 12.3. The number of aryl methyl sites for hydroxylation is 1. The number of carbonyl (C=O) groups excluding carboxylic acids is 1. The Morgan fingerprint density at radius 3 is 2.52 bits per heavy atom. The number of hydrogen-bond acceptors (Lipinski definition) is 5. The van der Waals surface area contributed by atoms with Crippen molar-refractivity contribution in [1.82, 2.24) is 9.29 Å². The highest BCUT2D eigenvalue weighted by Crippen LogP contribution is 2.32. The quantitative estimate of drug-likeness (QED) is 0.243. The third-order valence-electron chi connectivity index (χ3n) is 4.74. The average molecular weight is 534 g/mol. The minimum absolute atomic E-state index is 0.128. The molecular formula is C22H24BrN5O4S. The molecule has 1 unspecified atom stereocenters. The van der Waals surface area contributed by atoms with Gasteiger partial charge in [-0.1, -0.05) is 44.8 Å². The standard InChI is InChI=1S/C22H24BrN5O4S/c1-14-5-8-16(9-6-14)33(30,31)28-13-18(17-10-7-15(23)11-20(17)28)19(12-25-27-24)26-21(29)32-22(2,3)4/h5-11,13,19H,12H2,1-4H3,(H,26,29). The lowest BCUT2D eigenvalue weighted by Gasteiger charge is -2.23. The Balaban J connectivity index is 2.16. The summed E-state index contributed by atoms with van der Waals surface area (Å²) in [6, 6.07) is 10.9. The predicted molar refractivity (Wildman–Crippen MR) is 130 cm³/mol. The van der Waals surface area contributed by atoms with Gasteiger partial charge in [-0.25, -0.2) is 17.2 Å². The summed E-state index contributed by atoms with van der Waals surface area (Å²) in [7, 11) is -3.94. The van der Waals surface area contributed by atoms with Crippen molar-refractivity contribution in [2.24, 2.45) is 5.11 Å². The van der Waals surface area contributed by atoms with Crippen LogP contribution in [0.15, 0.2) is 63.1 Å². The van der Waals surface area contributed by atoms with Crippen molar-refractivity contribution in [3.05, 3.63) is 74.7 Å². The molecule has 1 heterocycles. The van der Waals surface area contributed by atoms with Crippen LogP contribution in [0.2, 0.25) is 0 Å². The maximum absolute atomic E-state index is 13.5. The fraction of sp³-hybridized carbons (Fsp3) is 0.318. The number of hydrogen-bond donors (Lipinski definition) is 1. The van der Waals surface area contributed by atoms with Crippen LogP contribution in [0.4, 0.5) is 4.79 Å². The van der Waals surface area contributed by atoms with Gasteiger partial charge in [-0.05, 0) is 57.5 Å². The normalized spacial score (nSPS) is 12.8. The summed E-state index contributed by atoms with van der Waals surface area (Å²) < 4.78 is 34.2. The molecule has 3 aromatic rings. The molecule has 0 saturated heterocycles. The molecule has 1 aromatic heterocycles. The number of aromatic nitrogens is 1. The zero-order chi connectivity index (χ0) is 24.4. The summed E-state index contributed by atoms with van der Waals surface area (Å²) >= 11 is 3.40. The van der Waals surface area contributed by atoms with Gasteiger partial charge in [0.1, 0.15) is 5.60 Å². The summed E-state index contributed by atoms with van der Waals surface area (Å²) in [4.78, 5) is 15.4. The van der Waals surface area contributed by atoms with Crippen LogP contribution in [0.1, 0.15) is 37.9 Å². The van der Waals surface area contributed by atoms with Crippen LogP contribution in [-0.4, -0.2) is 30.6 Å². The van der Waals surface area contributed by atoms with E-state index in [9.17, 15) is 13.2 Å². The second-order valence-corrected chi connectivity index (χ2v) is 11.2. The predicted octanol–water partition coefficient (Wildman–Crippen LogP) is 5.83. The molecule has 33 heavy (non-hydrogen) atoms. The van der Waals surface area contributed by atoms with E-state index in [2.05, 4.69) is 31.3 Å². The second kappa shape index (κ2) is 9.46. The van der Waals surface area contributed by atoms with Gasteiger partial charge in [0.2, 0.25) is 0 Å². The lowest BCUT2D eigenvalue weighted by atomic mass is 10.1. The lowest BCUT2D eigenvalue weighted by molar-refractivity contribution is 0.0505. The highest BCUT2D eigenvalue weighted by atomic mass is 79.9. The van der Waals surface area contributed by atoms with Gasteiger partial charge in [-0.2, -0.15) is 0 Å². The van der Waals surface area contributed by atoms with Crippen LogP contribution in [0.25, 0.3) is 21.3 Å². The van der Waals surface area contributed by atoms with Crippen molar-refractivity contribution in [3.63, 3.8) is 0 Å². The molecule has 0 aliphatic rings. The molecule has 0 fully saturated rings. The molecule has 2 aromatic carbocycles. The molecule has 9 nitrogen and oxygen atoms in total. The number of alkyl carbamates (subject to hydrolysis) is 1. The molecule has 0 saturated carbocycles. The Morgan fingerprint density at radius 2 is 1.91 bits per heavy atom. The fourth-order valence-corrected chi connectivity index (χ4v) is 5.01. The lowest BCUT2D eigenvalue weighted by Crippen LogP contribution is -2.36. The van der Waals surface area contributed by atoms with E-state index in [0.29, 0.717) is 20.9 Å². The fourth-order valence-electron chi connectivity index (χ4n) is 3.29. The number of amides is 1. The molecule has 1 atom stereocenters. The Kier molecular flexibility index (Phi) is 7.06. The van der Waals surface area contributed by atoms with Gasteiger partial charge in [0, 0.05) is 26.5 Å². The first-order valence-electron chi connectivity index (χ1n) is 10.1. The number of benzene rings is 2. The first kappa shape index (κ1) is 24.6. The van der Waals surface area contributed by atoms with E-state index in [4.69, 9.17) is 10.3 Å². The van der Waals surface area contributed by atoms with Gasteiger partial charge in [0.15, 0.2) is 0 Å². The van der Waals surface area contributed by atoms with Gasteiger partial charge in [-0.15, -0.1) is 0 Å². The number of carbonyl (C=O) groups is 1. The van der Waals surface area contributed by atoms with Gasteiger partial charge in [-0.3, -0.25) is 0 Å². The molecule has 174 valence electrons. The van der Waals surface area contributed by atoms with E-state index in [1.54, 1.807) is 63.2 Å². The van der Waals surface area contributed by atoms with Crippen molar-refractivity contribution >= 4 is 42.9 Å². The smallest absolute Gasteiger partial charge is 0.408 e. The van der Waals surface area contributed by atoms with Gasteiger partial charge >= 0.3 is 6.09 Å². The Bertz CT molecular complexity index is 1340. The van der Waals surface area contributed by atoms with E-state index < -0.39 is 27.8 Å². The first-order chi connectivity index (χ1) is 15.4. The number of ether oxygens (including phenoxy) is 1. The van der Waals surface area contributed by atoms with Crippen LogP contribution in [-0.2, 0) is 14.8 Å². The number of azide groups is 1. The minimum Gasteiger partial charge on any atom is -0.444 e. The Hall–Kier alpha value is -3.01. The van der Waals surface area contributed by atoms with E-state index in [0.717, 1.165) is 5.56 Å². The molecule has 11 heteroatoms. The summed E-state index contributed by atoms with van der Waals surface area (Å²) in [6.07, 6.45) is 0.737. The van der Waals surface area contributed by atoms with Crippen LogP contribution < -0.4 is 5.32 Å². The Morgan fingerprint density at radius 1 is 1.24 bits per heavy atom.